The second-order valence-electron chi connectivity index (χ2n) is 5.85. The van der Waals surface area contributed by atoms with Crippen molar-refractivity contribution in [1.29, 1.82) is 0 Å². The summed E-state index contributed by atoms with van der Waals surface area (Å²) in [5.41, 5.74) is -3.76. The lowest BCUT2D eigenvalue weighted by molar-refractivity contribution is -0.288. The van der Waals surface area contributed by atoms with Crippen LogP contribution in [0.4, 0.5) is 26.3 Å². The monoisotopic (exact) mass is 420 g/mol. The van der Waals surface area contributed by atoms with E-state index < -0.39 is 40.7 Å². The average molecular weight is 420 g/mol. The number of benzene rings is 2. The highest BCUT2D eigenvalue weighted by Gasteiger charge is 2.72. The molecule has 0 saturated heterocycles. The van der Waals surface area contributed by atoms with E-state index in [1.54, 1.807) is 10.9 Å². The number of alkyl halides is 6. The highest BCUT2D eigenvalue weighted by Crippen LogP contribution is 2.56. The third-order valence-corrected chi connectivity index (χ3v) is 4.27. The van der Waals surface area contributed by atoms with Crippen molar-refractivity contribution in [3.05, 3.63) is 70.8 Å². The summed E-state index contributed by atoms with van der Waals surface area (Å²) in [6.07, 6.45) is -11.6. The summed E-state index contributed by atoms with van der Waals surface area (Å²) in [5.74, 6) is 8.03. The summed E-state index contributed by atoms with van der Waals surface area (Å²) in [7, 11) is 0. The summed E-state index contributed by atoms with van der Waals surface area (Å²) >= 11 is 0. The molecular formula is C17H14F6N4O2. The van der Waals surface area contributed by atoms with Crippen molar-refractivity contribution in [3.8, 4) is 0 Å². The third kappa shape index (κ3) is 3.76. The van der Waals surface area contributed by atoms with E-state index in [1.165, 1.54) is 0 Å². The van der Waals surface area contributed by atoms with E-state index in [0.717, 1.165) is 24.3 Å². The van der Waals surface area contributed by atoms with Crippen molar-refractivity contribution in [3.63, 3.8) is 0 Å². The van der Waals surface area contributed by atoms with Crippen LogP contribution in [0.2, 0.25) is 0 Å². The quantitative estimate of drug-likeness (QED) is 0.263. The number of hydrogen-bond acceptors (Lipinski definition) is 4. The van der Waals surface area contributed by atoms with Gasteiger partial charge in [-0.05, 0) is 35.4 Å². The van der Waals surface area contributed by atoms with E-state index in [-0.39, 0.29) is 11.1 Å². The van der Waals surface area contributed by atoms with E-state index in [9.17, 15) is 35.9 Å². The topological polar surface area (TPSA) is 110 Å². The highest BCUT2D eigenvalue weighted by molar-refractivity contribution is 5.94. The van der Waals surface area contributed by atoms with Crippen LogP contribution >= 0.6 is 0 Å². The minimum atomic E-state index is -5.81. The van der Waals surface area contributed by atoms with Gasteiger partial charge in [0.2, 0.25) is 5.41 Å². The van der Waals surface area contributed by atoms with Crippen molar-refractivity contribution in [2.45, 2.75) is 17.8 Å². The molecule has 0 aliphatic carbocycles. The standard InChI is InChI=1S/C17H14F6N4O2/c18-16(19,20)15(17(21,22)23,11-5-1-9(2-6-11)13(28)26-24)12-7-3-10(4-8-12)14(29)27-25/h1-8H,24-25H2,(H,26,28)(H,27,29). The number of amides is 2. The Hall–Kier alpha value is -3.12. The van der Waals surface area contributed by atoms with Gasteiger partial charge < -0.3 is 0 Å². The van der Waals surface area contributed by atoms with Crippen LogP contribution in [0.25, 0.3) is 0 Å². The van der Waals surface area contributed by atoms with Crippen LogP contribution in [0.1, 0.15) is 31.8 Å². The average Bonchev–Trinajstić information content (AvgIpc) is 2.66. The normalized spacial score (nSPS) is 12.4. The Morgan fingerprint density at radius 2 is 0.897 bits per heavy atom. The second kappa shape index (κ2) is 7.72. The van der Waals surface area contributed by atoms with Gasteiger partial charge in [0.1, 0.15) is 0 Å². The van der Waals surface area contributed by atoms with E-state index in [1.807, 2.05) is 0 Å². The maximum atomic E-state index is 14.0. The molecule has 0 fully saturated rings. The van der Waals surface area contributed by atoms with Crippen LogP contribution in [-0.4, -0.2) is 24.2 Å². The smallest absolute Gasteiger partial charge is 0.290 e. The van der Waals surface area contributed by atoms with Gasteiger partial charge in [-0.2, -0.15) is 26.3 Å². The van der Waals surface area contributed by atoms with Crippen molar-refractivity contribution < 1.29 is 35.9 Å². The number of carbonyl (C=O) groups excluding carboxylic acids is 2. The molecule has 0 aromatic heterocycles. The SMILES string of the molecule is NNC(=O)c1ccc(C(c2ccc(C(=O)NN)cc2)(C(F)(F)F)C(F)(F)F)cc1. The van der Waals surface area contributed by atoms with Crippen LogP contribution in [0, 0.1) is 0 Å². The van der Waals surface area contributed by atoms with Crippen molar-refractivity contribution in [1.82, 2.24) is 10.9 Å². The van der Waals surface area contributed by atoms with Gasteiger partial charge in [-0.15, -0.1) is 0 Å². The number of rotatable bonds is 4. The lowest BCUT2D eigenvalue weighted by Gasteiger charge is -2.38. The summed E-state index contributed by atoms with van der Waals surface area (Å²) in [5, 5.41) is 0. The van der Waals surface area contributed by atoms with Crippen LogP contribution < -0.4 is 22.5 Å². The molecule has 0 atom stereocenters. The minimum absolute atomic E-state index is 0.232. The first-order chi connectivity index (χ1) is 13.4. The number of carbonyl (C=O) groups is 2. The molecule has 0 saturated carbocycles. The molecule has 29 heavy (non-hydrogen) atoms. The van der Waals surface area contributed by atoms with Crippen LogP contribution in [-0.2, 0) is 5.41 Å². The maximum Gasteiger partial charge on any atom is 0.411 e. The van der Waals surface area contributed by atoms with Crippen LogP contribution in [0.5, 0.6) is 0 Å². The lowest BCUT2D eigenvalue weighted by Crippen LogP contribution is -2.54. The molecule has 2 rings (SSSR count). The molecular weight excluding hydrogens is 406 g/mol. The Labute approximate surface area is 159 Å². The van der Waals surface area contributed by atoms with Gasteiger partial charge in [0, 0.05) is 11.1 Å². The van der Waals surface area contributed by atoms with Gasteiger partial charge >= 0.3 is 12.4 Å². The van der Waals surface area contributed by atoms with Gasteiger partial charge in [-0.3, -0.25) is 20.4 Å². The zero-order valence-electron chi connectivity index (χ0n) is 14.4. The lowest BCUT2D eigenvalue weighted by atomic mass is 9.72. The fourth-order valence-corrected chi connectivity index (χ4v) is 2.89. The first-order valence-corrected chi connectivity index (χ1v) is 7.76. The molecule has 6 nitrogen and oxygen atoms in total. The Kier molecular flexibility index (Phi) is 5.90. The molecule has 12 heteroatoms. The maximum absolute atomic E-state index is 14.0. The number of hydrogen-bond donors (Lipinski definition) is 4. The molecule has 0 aliphatic rings. The predicted octanol–water partition coefficient (Wildman–Crippen LogP) is 2.30. The molecule has 0 unspecified atom stereocenters. The number of halogens is 6. The van der Waals surface area contributed by atoms with E-state index in [0.29, 0.717) is 24.3 Å². The van der Waals surface area contributed by atoms with Gasteiger partial charge in [0.25, 0.3) is 11.8 Å². The largest absolute Gasteiger partial charge is 0.411 e. The third-order valence-electron chi connectivity index (χ3n) is 4.27. The molecule has 2 amide bonds. The highest BCUT2D eigenvalue weighted by atomic mass is 19.4. The second-order valence-corrected chi connectivity index (χ2v) is 5.85. The van der Waals surface area contributed by atoms with Gasteiger partial charge in [0.05, 0.1) is 0 Å². The Morgan fingerprint density at radius 1 is 0.621 bits per heavy atom. The first-order valence-electron chi connectivity index (χ1n) is 7.76. The summed E-state index contributed by atoms with van der Waals surface area (Å²) in [6, 6.07) is 5.36. The van der Waals surface area contributed by atoms with Gasteiger partial charge in [-0.25, -0.2) is 11.7 Å². The number of nitrogens with two attached hydrogens (primary N) is 2. The first kappa shape index (κ1) is 22.2. The van der Waals surface area contributed by atoms with Crippen LogP contribution in [0.15, 0.2) is 48.5 Å². The molecule has 0 radical (unpaired) electrons. The molecule has 0 heterocycles. The van der Waals surface area contributed by atoms with E-state index in [2.05, 4.69) is 0 Å². The summed E-state index contributed by atoms with van der Waals surface area (Å²) < 4.78 is 83.8. The molecule has 0 bridgehead atoms. The minimum Gasteiger partial charge on any atom is -0.290 e. The molecule has 6 N–H and O–H groups in total. The predicted molar refractivity (Wildman–Crippen MR) is 89.1 cm³/mol. The zero-order valence-corrected chi connectivity index (χ0v) is 14.4. The summed E-state index contributed by atoms with van der Waals surface area (Å²) in [6.45, 7) is 0. The van der Waals surface area contributed by atoms with Crippen molar-refractivity contribution in [2.75, 3.05) is 0 Å². The van der Waals surface area contributed by atoms with Gasteiger partial charge in [0.15, 0.2) is 0 Å². The van der Waals surface area contributed by atoms with E-state index >= 15 is 0 Å². The zero-order chi connectivity index (χ0) is 22.0. The summed E-state index contributed by atoms with van der Waals surface area (Å²) in [4.78, 5) is 22.9. The number of hydrazine groups is 2. The molecule has 0 aliphatic heterocycles. The number of nitrogen functional groups attached to an aromatic ring is 2. The Bertz CT molecular complexity index is 817. The Morgan fingerprint density at radius 3 is 1.10 bits per heavy atom. The molecule has 2 aromatic carbocycles. The number of nitrogens with one attached hydrogen (secondary N) is 2. The molecule has 0 spiro atoms. The molecule has 156 valence electrons. The van der Waals surface area contributed by atoms with Crippen molar-refractivity contribution in [2.24, 2.45) is 11.7 Å². The van der Waals surface area contributed by atoms with Crippen LogP contribution in [0.3, 0.4) is 0 Å². The fraction of sp³-hybridized carbons (Fsp3) is 0.176. The van der Waals surface area contributed by atoms with Crippen molar-refractivity contribution >= 4 is 11.8 Å². The Balaban J connectivity index is 2.76. The van der Waals surface area contributed by atoms with Gasteiger partial charge in [-0.1, -0.05) is 24.3 Å². The van der Waals surface area contributed by atoms with E-state index in [4.69, 9.17) is 11.7 Å². The fourth-order valence-electron chi connectivity index (χ4n) is 2.89. The molecule has 2 aromatic rings.